The van der Waals surface area contributed by atoms with Crippen LogP contribution in [-0.2, 0) is 10.0 Å². The summed E-state index contributed by atoms with van der Waals surface area (Å²) in [5, 5.41) is 0. The van der Waals surface area contributed by atoms with Crippen LogP contribution in [0.15, 0.2) is 77.8 Å². The van der Waals surface area contributed by atoms with E-state index < -0.39 is 21.8 Å². The topological polar surface area (TPSA) is 117 Å². The van der Waals surface area contributed by atoms with Crippen LogP contribution in [0.3, 0.4) is 0 Å². The first kappa shape index (κ1) is 20.0. The molecule has 0 fully saturated rings. The first-order chi connectivity index (χ1) is 13.9. The molecular formula is C20H18N4O4S. The van der Waals surface area contributed by atoms with E-state index in [4.69, 9.17) is 0 Å². The van der Waals surface area contributed by atoms with Gasteiger partial charge in [-0.3, -0.25) is 30.1 Å². The van der Waals surface area contributed by atoms with E-state index in [1.165, 1.54) is 36.5 Å². The van der Waals surface area contributed by atoms with Gasteiger partial charge in [0.1, 0.15) is 5.69 Å². The monoisotopic (exact) mass is 410 g/mol. The van der Waals surface area contributed by atoms with E-state index >= 15 is 0 Å². The van der Waals surface area contributed by atoms with Crippen LogP contribution in [-0.4, -0.2) is 25.2 Å². The number of pyridine rings is 1. The number of anilines is 1. The lowest BCUT2D eigenvalue weighted by Crippen LogP contribution is -2.41. The Kier molecular flexibility index (Phi) is 5.89. The molecule has 3 aromatic rings. The number of amides is 2. The zero-order valence-corrected chi connectivity index (χ0v) is 16.2. The second-order valence-electron chi connectivity index (χ2n) is 6.07. The van der Waals surface area contributed by atoms with Crippen molar-refractivity contribution in [3.8, 4) is 0 Å². The van der Waals surface area contributed by atoms with Crippen molar-refractivity contribution in [2.45, 2.75) is 11.8 Å². The Morgan fingerprint density at radius 3 is 2.14 bits per heavy atom. The SMILES string of the molecule is Cc1ccccc1NS(=O)(=O)c1ccc(C(=O)NNC(=O)c2ccccn2)cc1. The number of carbonyl (C=O) groups is 2. The van der Waals surface area contributed by atoms with Crippen molar-refractivity contribution in [1.82, 2.24) is 15.8 Å². The van der Waals surface area contributed by atoms with Gasteiger partial charge in [0.2, 0.25) is 0 Å². The molecule has 0 aliphatic carbocycles. The highest BCUT2D eigenvalue weighted by Crippen LogP contribution is 2.19. The summed E-state index contributed by atoms with van der Waals surface area (Å²) in [6.45, 7) is 1.80. The summed E-state index contributed by atoms with van der Waals surface area (Å²) in [5.41, 5.74) is 6.11. The fourth-order valence-electron chi connectivity index (χ4n) is 2.42. The van der Waals surface area contributed by atoms with E-state index in [0.29, 0.717) is 5.69 Å². The average Bonchev–Trinajstić information content (AvgIpc) is 2.74. The number of aromatic nitrogens is 1. The van der Waals surface area contributed by atoms with E-state index in [0.717, 1.165) is 5.56 Å². The lowest BCUT2D eigenvalue weighted by Gasteiger charge is -2.11. The van der Waals surface area contributed by atoms with Crippen molar-refractivity contribution in [2.24, 2.45) is 0 Å². The molecule has 29 heavy (non-hydrogen) atoms. The fourth-order valence-corrected chi connectivity index (χ4v) is 3.55. The lowest BCUT2D eigenvalue weighted by molar-refractivity contribution is 0.0844. The van der Waals surface area contributed by atoms with Crippen molar-refractivity contribution in [2.75, 3.05) is 4.72 Å². The number of nitrogens with zero attached hydrogens (tertiary/aromatic N) is 1. The van der Waals surface area contributed by atoms with Gasteiger partial charge < -0.3 is 0 Å². The summed E-state index contributed by atoms with van der Waals surface area (Å²) in [6, 6.07) is 17.2. The van der Waals surface area contributed by atoms with Crippen molar-refractivity contribution < 1.29 is 18.0 Å². The van der Waals surface area contributed by atoms with E-state index in [-0.39, 0.29) is 16.2 Å². The molecule has 0 atom stereocenters. The predicted molar refractivity (Wildman–Crippen MR) is 108 cm³/mol. The molecule has 0 aliphatic heterocycles. The van der Waals surface area contributed by atoms with Gasteiger partial charge in [0.05, 0.1) is 10.6 Å². The Labute approximate surface area is 168 Å². The number of benzene rings is 2. The second-order valence-corrected chi connectivity index (χ2v) is 7.75. The minimum atomic E-state index is -3.80. The van der Waals surface area contributed by atoms with Gasteiger partial charge >= 0.3 is 0 Å². The molecule has 0 spiro atoms. The number of nitrogens with one attached hydrogen (secondary N) is 3. The molecule has 1 heterocycles. The third-order valence-corrected chi connectivity index (χ3v) is 5.38. The average molecular weight is 410 g/mol. The van der Waals surface area contributed by atoms with Crippen molar-refractivity contribution in [3.05, 3.63) is 89.7 Å². The number of hydrogen-bond donors (Lipinski definition) is 3. The Balaban J connectivity index is 1.65. The van der Waals surface area contributed by atoms with Crippen LogP contribution in [0, 0.1) is 6.92 Å². The molecule has 3 rings (SSSR count). The molecule has 1 aromatic heterocycles. The minimum absolute atomic E-state index is 0.00910. The molecule has 0 radical (unpaired) electrons. The zero-order valence-electron chi connectivity index (χ0n) is 15.4. The maximum Gasteiger partial charge on any atom is 0.288 e. The van der Waals surface area contributed by atoms with E-state index in [1.807, 2.05) is 6.07 Å². The number of rotatable bonds is 5. The number of para-hydroxylation sites is 1. The van der Waals surface area contributed by atoms with Crippen LogP contribution in [0.1, 0.15) is 26.4 Å². The smallest absolute Gasteiger partial charge is 0.279 e. The van der Waals surface area contributed by atoms with Gasteiger partial charge in [0, 0.05) is 11.8 Å². The Morgan fingerprint density at radius 2 is 1.48 bits per heavy atom. The normalized spacial score (nSPS) is 10.8. The maximum atomic E-state index is 12.5. The van der Waals surface area contributed by atoms with Crippen molar-refractivity contribution in [3.63, 3.8) is 0 Å². The summed E-state index contributed by atoms with van der Waals surface area (Å²) in [6.07, 6.45) is 1.46. The highest BCUT2D eigenvalue weighted by atomic mass is 32.2. The van der Waals surface area contributed by atoms with Gasteiger partial charge in [0.25, 0.3) is 21.8 Å². The zero-order chi connectivity index (χ0) is 20.9. The third-order valence-electron chi connectivity index (χ3n) is 4.00. The van der Waals surface area contributed by atoms with Crippen LogP contribution < -0.4 is 15.6 Å². The predicted octanol–water partition coefficient (Wildman–Crippen LogP) is 2.27. The molecule has 0 saturated heterocycles. The lowest BCUT2D eigenvalue weighted by atomic mass is 10.2. The summed E-state index contributed by atoms with van der Waals surface area (Å²) in [7, 11) is -3.80. The van der Waals surface area contributed by atoms with Crippen LogP contribution in [0.25, 0.3) is 0 Å². The molecule has 2 aromatic carbocycles. The summed E-state index contributed by atoms with van der Waals surface area (Å²) in [4.78, 5) is 27.9. The second kappa shape index (κ2) is 8.53. The summed E-state index contributed by atoms with van der Waals surface area (Å²) < 4.78 is 27.6. The Hall–Kier alpha value is -3.72. The van der Waals surface area contributed by atoms with Crippen molar-refractivity contribution in [1.29, 1.82) is 0 Å². The van der Waals surface area contributed by atoms with Gasteiger partial charge in [-0.05, 0) is 55.0 Å². The Morgan fingerprint density at radius 1 is 0.828 bits per heavy atom. The minimum Gasteiger partial charge on any atom is -0.279 e. The molecule has 9 heteroatoms. The fraction of sp³-hybridized carbons (Fsp3) is 0.0500. The number of aryl methyl sites for hydroxylation is 1. The number of carbonyl (C=O) groups excluding carboxylic acids is 2. The number of hydrazine groups is 1. The Bertz CT molecular complexity index is 1130. The molecule has 8 nitrogen and oxygen atoms in total. The maximum absolute atomic E-state index is 12.5. The molecule has 0 aliphatic rings. The molecule has 0 saturated carbocycles. The van der Waals surface area contributed by atoms with Gasteiger partial charge in [-0.15, -0.1) is 0 Å². The molecule has 0 bridgehead atoms. The van der Waals surface area contributed by atoms with Crippen molar-refractivity contribution >= 4 is 27.5 Å². The van der Waals surface area contributed by atoms with Crippen LogP contribution in [0.5, 0.6) is 0 Å². The standard InChI is InChI=1S/C20H18N4O4S/c1-14-6-2-3-7-17(14)24-29(27,28)16-11-9-15(10-12-16)19(25)22-23-20(26)18-8-4-5-13-21-18/h2-13,24H,1H3,(H,22,25)(H,23,26). The molecule has 2 amide bonds. The van der Waals surface area contributed by atoms with Crippen LogP contribution in [0.2, 0.25) is 0 Å². The highest BCUT2D eigenvalue weighted by Gasteiger charge is 2.16. The van der Waals surface area contributed by atoms with E-state index in [2.05, 4.69) is 20.6 Å². The number of sulfonamides is 1. The first-order valence-electron chi connectivity index (χ1n) is 8.57. The number of hydrogen-bond acceptors (Lipinski definition) is 5. The van der Waals surface area contributed by atoms with E-state index in [9.17, 15) is 18.0 Å². The van der Waals surface area contributed by atoms with Crippen LogP contribution >= 0.6 is 0 Å². The van der Waals surface area contributed by atoms with Gasteiger partial charge in [-0.25, -0.2) is 8.42 Å². The van der Waals surface area contributed by atoms with E-state index in [1.54, 1.807) is 37.3 Å². The molecule has 148 valence electrons. The summed E-state index contributed by atoms with van der Waals surface area (Å²) in [5.74, 6) is -1.16. The third kappa shape index (κ3) is 4.96. The van der Waals surface area contributed by atoms with Crippen LogP contribution in [0.4, 0.5) is 5.69 Å². The van der Waals surface area contributed by atoms with Gasteiger partial charge in [-0.2, -0.15) is 0 Å². The van der Waals surface area contributed by atoms with Gasteiger partial charge in [-0.1, -0.05) is 24.3 Å². The molecule has 0 unspecified atom stereocenters. The molecule has 3 N–H and O–H groups in total. The largest absolute Gasteiger partial charge is 0.288 e. The first-order valence-corrected chi connectivity index (χ1v) is 10.1. The van der Waals surface area contributed by atoms with Gasteiger partial charge in [0.15, 0.2) is 0 Å². The highest BCUT2D eigenvalue weighted by molar-refractivity contribution is 7.92. The summed E-state index contributed by atoms with van der Waals surface area (Å²) >= 11 is 0. The quantitative estimate of drug-likeness (QED) is 0.558. The molecular weight excluding hydrogens is 392 g/mol.